The van der Waals surface area contributed by atoms with Gasteiger partial charge in [0.25, 0.3) is 5.69 Å². The van der Waals surface area contributed by atoms with Gasteiger partial charge in [0.05, 0.1) is 17.6 Å². The summed E-state index contributed by atoms with van der Waals surface area (Å²) in [6, 6.07) is 9.53. The highest BCUT2D eigenvalue weighted by atomic mass is 16.6. The number of rotatable bonds is 6. The van der Waals surface area contributed by atoms with Crippen molar-refractivity contribution in [3.63, 3.8) is 0 Å². The molecule has 2 atom stereocenters. The van der Waals surface area contributed by atoms with Gasteiger partial charge in [-0.05, 0) is 30.5 Å². The number of nitrogens with zero attached hydrogens (tertiary/aromatic N) is 2. The fourth-order valence-corrected chi connectivity index (χ4v) is 3.32. The van der Waals surface area contributed by atoms with Crippen LogP contribution in [0.1, 0.15) is 36.7 Å². The van der Waals surface area contributed by atoms with E-state index >= 15 is 0 Å². The van der Waals surface area contributed by atoms with Gasteiger partial charge in [0.15, 0.2) is 0 Å². The maximum absolute atomic E-state index is 12.6. The molecule has 1 amide bonds. The quantitative estimate of drug-likeness (QED) is 0.642. The summed E-state index contributed by atoms with van der Waals surface area (Å²) in [5, 5.41) is 21.1. The molecule has 0 aliphatic carbocycles. The van der Waals surface area contributed by atoms with Crippen molar-refractivity contribution in [1.29, 1.82) is 0 Å². The Kier molecular flexibility index (Phi) is 5.14. The first kappa shape index (κ1) is 17.2. The first-order valence-electron chi connectivity index (χ1n) is 8.29. The number of carbonyl (C=O) groups is 1. The van der Waals surface area contributed by atoms with E-state index in [1.54, 1.807) is 29.2 Å². The van der Waals surface area contributed by atoms with Crippen LogP contribution >= 0.6 is 0 Å². The van der Waals surface area contributed by atoms with E-state index in [9.17, 15) is 20.0 Å². The third kappa shape index (κ3) is 4.06. The average Bonchev–Trinajstić information content (AvgIpc) is 3.26. The predicted molar refractivity (Wildman–Crippen MR) is 89.8 cm³/mol. The Hall–Kier alpha value is -2.67. The van der Waals surface area contributed by atoms with Crippen molar-refractivity contribution in [1.82, 2.24) is 4.90 Å². The Morgan fingerprint density at radius 2 is 2.24 bits per heavy atom. The molecule has 25 heavy (non-hydrogen) atoms. The van der Waals surface area contributed by atoms with Gasteiger partial charge in [0.1, 0.15) is 11.9 Å². The SMILES string of the molecule is O=C(Cc1cccc([N+](=O)[O-])c1)N1CCCC1CC(O)c1ccco1. The number of amides is 1. The zero-order valence-electron chi connectivity index (χ0n) is 13.7. The van der Waals surface area contributed by atoms with Crippen LogP contribution in [0.5, 0.6) is 0 Å². The molecule has 1 aliphatic rings. The summed E-state index contributed by atoms with van der Waals surface area (Å²) >= 11 is 0. The van der Waals surface area contributed by atoms with Crippen LogP contribution in [0.15, 0.2) is 47.1 Å². The molecule has 2 aromatic rings. The first-order valence-corrected chi connectivity index (χ1v) is 8.29. The molecule has 1 fully saturated rings. The van der Waals surface area contributed by atoms with Crippen molar-refractivity contribution in [2.24, 2.45) is 0 Å². The number of hydrogen-bond acceptors (Lipinski definition) is 5. The zero-order chi connectivity index (χ0) is 17.8. The number of non-ortho nitro benzene ring substituents is 1. The van der Waals surface area contributed by atoms with Gasteiger partial charge in [-0.15, -0.1) is 0 Å². The third-order valence-electron chi connectivity index (χ3n) is 4.54. The van der Waals surface area contributed by atoms with Crippen molar-refractivity contribution in [2.45, 2.75) is 37.8 Å². The monoisotopic (exact) mass is 344 g/mol. The molecule has 132 valence electrons. The molecular weight excluding hydrogens is 324 g/mol. The summed E-state index contributed by atoms with van der Waals surface area (Å²) < 4.78 is 5.22. The second-order valence-corrected chi connectivity index (χ2v) is 6.25. The summed E-state index contributed by atoms with van der Waals surface area (Å²) in [7, 11) is 0. The lowest BCUT2D eigenvalue weighted by molar-refractivity contribution is -0.384. The van der Waals surface area contributed by atoms with Gasteiger partial charge < -0.3 is 14.4 Å². The number of hydrogen-bond donors (Lipinski definition) is 1. The summed E-state index contributed by atoms with van der Waals surface area (Å²) in [5.41, 5.74) is 0.605. The fourth-order valence-electron chi connectivity index (χ4n) is 3.32. The summed E-state index contributed by atoms with van der Waals surface area (Å²) in [6.07, 6.45) is 3.03. The topological polar surface area (TPSA) is 96.8 Å². The van der Waals surface area contributed by atoms with Gasteiger partial charge >= 0.3 is 0 Å². The van der Waals surface area contributed by atoms with Crippen LogP contribution < -0.4 is 0 Å². The average molecular weight is 344 g/mol. The summed E-state index contributed by atoms with van der Waals surface area (Å²) in [6.45, 7) is 0.642. The van der Waals surface area contributed by atoms with Crippen LogP contribution in [0.3, 0.4) is 0 Å². The van der Waals surface area contributed by atoms with E-state index in [1.165, 1.54) is 18.4 Å². The zero-order valence-corrected chi connectivity index (χ0v) is 13.7. The molecule has 0 saturated carbocycles. The van der Waals surface area contributed by atoms with Crippen LogP contribution in [0.2, 0.25) is 0 Å². The van der Waals surface area contributed by atoms with E-state index in [4.69, 9.17) is 4.42 Å². The number of aliphatic hydroxyl groups is 1. The predicted octanol–water partition coefficient (Wildman–Crippen LogP) is 2.85. The van der Waals surface area contributed by atoms with Gasteiger partial charge in [-0.1, -0.05) is 12.1 Å². The molecule has 1 saturated heterocycles. The number of nitro benzene ring substituents is 1. The molecule has 0 radical (unpaired) electrons. The lowest BCUT2D eigenvalue weighted by Gasteiger charge is -2.26. The minimum atomic E-state index is -0.744. The highest BCUT2D eigenvalue weighted by Crippen LogP contribution is 2.28. The molecule has 1 aromatic heterocycles. The molecule has 0 spiro atoms. The van der Waals surface area contributed by atoms with Crippen molar-refractivity contribution in [3.05, 3.63) is 64.1 Å². The molecule has 2 unspecified atom stereocenters. The van der Waals surface area contributed by atoms with Crippen molar-refractivity contribution in [3.8, 4) is 0 Å². The molecule has 1 aliphatic heterocycles. The van der Waals surface area contributed by atoms with E-state index in [0.29, 0.717) is 24.3 Å². The molecule has 1 N–H and O–H groups in total. The lowest BCUT2D eigenvalue weighted by Crippen LogP contribution is -2.37. The van der Waals surface area contributed by atoms with Gasteiger partial charge in [-0.2, -0.15) is 0 Å². The molecule has 3 rings (SSSR count). The second kappa shape index (κ2) is 7.48. The van der Waals surface area contributed by atoms with Gasteiger partial charge in [-0.3, -0.25) is 14.9 Å². The van der Waals surface area contributed by atoms with E-state index in [2.05, 4.69) is 0 Å². The Bertz CT molecular complexity index is 744. The van der Waals surface area contributed by atoms with E-state index < -0.39 is 11.0 Å². The molecule has 2 heterocycles. The second-order valence-electron chi connectivity index (χ2n) is 6.25. The standard InChI is InChI=1S/C18H20N2O5/c21-16(17-7-3-9-25-17)12-14-6-2-8-19(14)18(22)11-13-4-1-5-15(10-13)20(23)24/h1,3-5,7,9-10,14,16,21H,2,6,8,11-12H2. The largest absolute Gasteiger partial charge is 0.467 e. The highest BCUT2D eigenvalue weighted by Gasteiger charge is 2.31. The number of likely N-dealkylation sites (tertiary alicyclic amines) is 1. The maximum Gasteiger partial charge on any atom is 0.269 e. The number of aliphatic hydroxyl groups excluding tert-OH is 1. The molecule has 7 nitrogen and oxygen atoms in total. The third-order valence-corrected chi connectivity index (χ3v) is 4.54. The number of nitro groups is 1. The first-order chi connectivity index (χ1) is 12.0. The van der Waals surface area contributed by atoms with Gasteiger partial charge in [0.2, 0.25) is 5.91 Å². The van der Waals surface area contributed by atoms with Crippen molar-refractivity contribution >= 4 is 11.6 Å². The van der Waals surface area contributed by atoms with Crippen LogP contribution in [0, 0.1) is 10.1 Å². The maximum atomic E-state index is 12.6. The molecular formula is C18H20N2O5. The van der Waals surface area contributed by atoms with Crippen LogP contribution in [0.25, 0.3) is 0 Å². The Morgan fingerprint density at radius 1 is 1.40 bits per heavy atom. The Morgan fingerprint density at radius 3 is 2.96 bits per heavy atom. The van der Waals surface area contributed by atoms with Gasteiger partial charge in [-0.25, -0.2) is 0 Å². The van der Waals surface area contributed by atoms with Gasteiger partial charge in [0, 0.05) is 31.1 Å². The van der Waals surface area contributed by atoms with E-state index in [-0.39, 0.29) is 24.1 Å². The van der Waals surface area contributed by atoms with E-state index in [0.717, 1.165) is 12.8 Å². The smallest absolute Gasteiger partial charge is 0.269 e. The van der Waals surface area contributed by atoms with Crippen molar-refractivity contribution in [2.75, 3.05) is 6.54 Å². The minimum absolute atomic E-state index is 0.0171. The highest BCUT2D eigenvalue weighted by molar-refractivity contribution is 5.79. The lowest BCUT2D eigenvalue weighted by atomic mass is 10.0. The van der Waals surface area contributed by atoms with Crippen molar-refractivity contribution < 1.29 is 19.2 Å². The van der Waals surface area contributed by atoms with E-state index in [1.807, 2.05) is 0 Å². The number of carbonyl (C=O) groups excluding carboxylic acids is 1. The fraction of sp³-hybridized carbons (Fsp3) is 0.389. The number of benzene rings is 1. The Balaban J connectivity index is 1.64. The minimum Gasteiger partial charge on any atom is -0.467 e. The molecule has 0 bridgehead atoms. The summed E-state index contributed by atoms with van der Waals surface area (Å²) in [4.78, 5) is 24.8. The molecule has 7 heteroatoms. The van der Waals surface area contributed by atoms with Crippen LogP contribution in [-0.4, -0.2) is 33.4 Å². The number of furan rings is 1. The molecule has 1 aromatic carbocycles. The van der Waals surface area contributed by atoms with Crippen LogP contribution in [-0.2, 0) is 11.2 Å². The normalized spacial score (nSPS) is 18.3. The summed E-state index contributed by atoms with van der Waals surface area (Å²) in [5.74, 6) is 0.424. The van der Waals surface area contributed by atoms with Crippen LogP contribution in [0.4, 0.5) is 5.69 Å². The Labute approximate surface area is 145 Å².